The van der Waals surface area contributed by atoms with Crippen molar-refractivity contribution in [3.8, 4) is 5.75 Å². The molecule has 0 radical (unpaired) electrons. The Hall–Kier alpha value is -3.09. The monoisotopic (exact) mass is 327 g/mol. The number of fused-ring (bicyclic) bond motifs is 1. The zero-order chi connectivity index (χ0) is 17.1. The highest BCUT2D eigenvalue weighted by molar-refractivity contribution is 5.91. The van der Waals surface area contributed by atoms with E-state index in [-0.39, 0.29) is 18.1 Å². The molecule has 1 aromatic carbocycles. The van der Waals surface area contributed by atoms with Gasteiger partial charge in [-0.25, -0.2) is 0 Å². The Bertz CT molecular complexity index is 942. The first kappa shape index (κ1) is 15.8. The van der Waals surface area contributed by atoms with E-state index in [1.54, 1.807) is 17.6 Å². The average molecular weight is 327 g/mol. The smallest absolute Gasteiger partial charge is 0.263 e. The summed E-state index contributed by atoms with van der Waals surface area (Å²) < 4.78 is 12.1. The lowest BCUT2D eigenvalue weighted by atomic mass is 10.2. The summed E-state index contributed by atoms with van der Waals surface area (Å²) in [6.07, 6.45) is 0. The summed E-state index contributed by atoms with van der Waals surface area (Å²) in [4.78, 5) is 24.1. The minimum absolute atomic E-state index is 0.168. The minimum atomic E-state index is -0.382. The number of ether oxygens (including phenoxy) is 1. The first-order valence-electron chi connectivity index (χ1n) is 7.57. The van der Waals surface area contributed by atoms with E-state index in [1.165, 1.54) is 6.07 Å². The number of aryl methyl sites for hydroxylation is 2. The van der Waals surface area contributed by atoms with E-state index >= 15 is 0 Å². The van der Waals surface area contributed by atoms with Crippen LogP contribution in [0.25, 0.3) is 10.9 Å². The van der Waals surface area contributed by atoms with Gasteiger partial charge in [0.1, 0.15) is 11.5 Å². The number of pyridine rings is 1. The standard InChI is InChI=1S/C17H17N3O4/c1-3-20-13-7-5-4-6-12(13)14(9-17(20)22)23-10-16(21)18-15-8-11(2)24-19-15/h4-9H,3,10H2,1-2H3,(H,18,19,21). The fourth-order valence-electron chi connectivity index (χ4n) is 2.50. The lowest BCUT2D eigenvalue weighted by Gasteiger charge is -2.12. The third-order valence-corrected chi connectivity index (χ3v) is 3.55. The average Bonchev–Trinajstić information content (AvgIpc) is 2.97. The second kappa shape index (κ2) is 6.57. The lowest BCUT2D eigenvalue weighted by molar-refractivity contribution is -0.118. The maximum atomic E-state index is 12.2. The Morgan fingerprint density at radius 3 is 2.83 bits per heavy atom. The maximum Gasteiger partial charge on any atom is 0.263 e. The molecule has 0 saturated carbocycles. The molecule has 24 heavy (non-hydrogen) atoms. The second-order valence-electron chi connectivity index (χ2n) is 5.27. The fourth-order valence-corrected chi connectivity index (χ4v) is 2.50. The largest absolute Gasteiger partial charge is 0.483 e. The Labute approximate surface area is 137 Å². The van der Waals surface area contributed by atoms with Crippen molar-refractivity contribution in [1.29, 1.82) is 0 Å². The molecule has 0 aliphatic rings. The zero-order valence-corrected chi connectivity index (χ0v) is 13.4. The third kappa shape index (κ3) is 3.15. The summed E-state index contributed by atoms with van der Waals surface area (Å²) in [7, 11) is 0. The molecule has 7 heteroatoms. The Balaban J connectivity index is 1.80. The van der Waals surface area contributed by atoms with Crippen LogP contribution in [0, 0.1) is 6.92 Å². The van der Waals surface area contributed by atoms with Crippen molar-refractivity contribution in [3.63, 3.8) is 0 Å². The molecule has 0 spiro atoms. The van der Waals surface area contributed by atoms with Gasteiger partial charge in [0.05, 0.1) is 5.52 Å². The van der Waals surface area contributed by atoms with Crippen LogP contribution in [0.2, 0.25) is 0 Å². The molecule has 2 heterocycles. The van der Waals surface area contributed by atoms with Gasteiger partial charge in [0, 0.05) is 24.1 Å². The molecule has 3 aromatic rings. The number of nitrogens with zero attached hydrogens (tertiary/aromatic N) is 2. The summed E-state index contributed by atoms with van der Waals surface area (Å²) in [5.41, 5.74) is 0.605. The van der Waals surface area contributed by atoms with Crippen LogP contribution < -0.4 is 15.6 Å². The molecule has 0 atom stereocenters. The van der Waals surface area contributed by atoms with Gasteiger partial charge in [-0.15, -0.1) is 0 Å². The first-order chi connectivity index (χ1) is 11.6. The molecule has 0 fully saturated rings. The number of carbonyl (C=O) groups excluding carboxylic acids is 1. The highest BCUT2D eigenvalue weighted by atomic mass is 16.5. The highest BCUT2D eigenvalue weighted by Gasteiger charge is 2.11. The molecule has 0 aliphatic carbocycles. The number of para-hydroxylation sites is 1. The molecule has 2 aromatic heterocycles. The van der Waals surface area contributed by atoms with Crippen molar-refractivity contribution in [1.82, 2.24) is 9.72 Å². The Morgan fingerprint density at radius 1 is 1.33 bits per heavy atom. The van der Waals surface area contributed by atoms with Gasteiger partial charge in [-0.1, -0.05) is 17.3 Å². The molecule has 7 nitrogen and oxygen atoms in total. The number of anilines is 1. The highest BCUT2D eigenvalue weighted by Crippen LogP contribution is 2.23. The van der Waals surface area contributed by atoms with Crippen molar-refractivity contribution in [3.05, 3.63) is 52.5 Å². The van der Waals surface area contributed by atoms with Crippen molar-refractivity contribution in [2.24, 2.45) is 0 Å². The summed E-state index contributed by atoms with van der Waals surface area (Å²) in [5, 5.41) is 7.03. The predicted octanol–water partition coefficient (Wildman–Crippen LogP) is 2.34. The topological polar surface area (TPSA) is 86.4 Å². The Kier molecular flexibility index (Phi) is 4.33. The van der Waals surface area contributed by atoms with E-state index in [0.29, 0.717) is 23.9 Å². The van der Waals surface area contributed by atoms with Gasteiger partial charge in [0.25, 0.3) is 11.5 Å². The lowest BCUT2D eigenvalue weighted by Crippen LogP contribution is -2.23. The molecular weight excluding hydrogens is 310 g/mol. The van der Waals surface area contributed by atoms with Gasteiger partial charge < -0.3 is 19.1 Å². The van der Waals surface area contributed by atoms with E-state index in [9.17, 15) is 9.59 Å². The molecule has 0 saturated heterocycles. The van der Waals surface area contributed by atoms with Gasteiger partial charge in [-0.3, -0.25) is 9.59 Å². The molecule has 1 N–H and O–H groups in total. The number of nitrogens with one attached hydrogen (secondary N) is 1. The van der Waals surface area contributed by atoms with Crippen LogP contribution >= 0.6 is 0 Å². The second-order valence-corrected chi connectivity index (χ2v) is 5.27. The molecule has 124 valence electrons. The van der Waals surface area contributed by atoms with Crippen LogP contribution in [0.4, 0.5) is 5.82 Å². The van der Waals surface area contributed by atoms with E-state index in [2.05, 4.69) is 10.5 Å². The Morgan fingerprint density at radius 2 is 2.12 bits per heavy atom. The van der Waals surface area contributed by atoms with E-state index < -0.39 is 0 Å². The van der Waals surface area contributed by atoms with Gasteiger partial charge in [-0.2, -0.15) is 0 Å². The summed E-state index contributed by atoms with van der Waals surface area (Å²) in [6, 6.07) is 10.4. The number of rotatable bonds is 5. The SMILES string of the molecule is CCn1c(=O)cc(OCC(=O)Nc2cc(C)on2)c2ccccc21. The quantitative estimate of drug-likeness (QED) is 0.777. The summed E-state index contributed by atoms with van der Waals surface area (Å²) in [6.45, 7) is 3.97. The summed E-state index contributed by atoms with van der Waals surface area (Å²) >= 11 is 0. The van der Waals surface area contributed by atoms with E-state index in [4.69, 9.17) is 9.26 Å². The normalized spacial score (nSPS) is 10.8. The van der Waals surface area contributed by atoms with Crippen LogP contribution in [0.1, 0.15) is 12.7 Å². The number of aromatic nitrogens is 2. The van der Waals surface area contributed by atoms with Crippen LogP contribution in [-0.2, 0) is 11.3 Å². The van der Waals surface area contributed by atoms with Crippen molar-refractivity contribution in [2.45, 2.75) is 20.4 Å². The number of benzene rings is 1. The number of hydrogen-bond acceptors (Lipinski definition) is 5. The van der Waals surface area contributed by atoms with Crippen LogP contribution in [0.5, 0.6) is 5.75 Å². The fraction of sp³-hybridized carbons (Fsp3) is 0.235. The van der Waals surface area contributed by atoms with Gasteiger partial charge in [0.15, 0.2) is 12.4 Å². The number of hydrogen-bond donors (Lipinski definition) is 1. The first-order valence-corrected chi connectivity index (χ1v) is 7.57. The van der Waals surface area contributed by atoms with Gasteiger partial charge in [-0.05, 0) is 26.0 Å². The molecular formula is C17H17N3O4. The predicted molar refractivity (Wildman–Crippen MR) is 89.2 cm³/mol. The molecule has 0 bridgehead atoms. The molecule has 1 amide bonds. The van der Waals surface area contributed by atoms with Crippen molar-refractivity contribution in [2.75, 3.05) is 11.9 Å². The van der Waals surface area contributed by atoms with Crippen molar-refractivity contribution < 1.29 is 14.1 Å². The van der Waals surface area contributed by atoms with Crippen LogP contribution in [0.3, 0.4) is 0 Å². The molecule has 3 rings (SSSR count). The number of amides is 1. The van der Waals surface area contributed by atoms with Crippen molar-refractivity contribution >= 4 is 22.6 Å². The molecule has 0 unspecified atom stereocenters. The van der Waals surface area contributed by atoms with E-state index in [0.717, 1.165) is 10.9 Å². The zero-order valence-electron chi connectivity index (χ0n) is 13.4. The van der Waals surface area contributed by atoms with Crippen LogP contribution in [-0.4, -0.2) is 22.2 Å². The third-order valence-electron chi connectivity index (χ3n) is 3.55. The maximum absolute atomic E-state index is 12.2. The van der Waals surface area contributed by atoms with Crippen LogP contribution in [0.15, 0.2) is 45.7 Å². The summed E-state index contributed by atoms with van der Waals surface area (Å²) in [5.74, 6) is 0.923. The minimum Gasteiger partial charge on any atom is -0.483 e. The van der Waals surface area contributed by atoms with E-state index in [1.807, 2.05) is 31.2 Å². The van der Waals surface area contributed by atoms with Gasteiger partial charge in [0.2, 0.25) is 0 Å². The molecule has 0 aliphatic heterocycles. The van der Waals surface area contributed by atoms with Gasteiger partial charge >= 0.3 is 0 Å². The number of carbonyl (C=O) groups is 1.